The molecule has 2 aliphatic heterocycles. The molecule has 6 heteroatoms. The molecule has 4 rings (SSSR count). The van der Waals surface area contributed by atoms with E-state index < -0.39 is 0 Å². The van der Waals surface area contributed by atoms with E-state index in [1.165, 1.54) is 0 Å². The molecule has 2 atom stereocenters. The minimum atomic E-state index is -0.150. The number of nitrogens with zero attached hydrogens (tertiary/aromatic N) is 3. The van der Waals surface area contributed by atoms with Gasteiger partial charge in [-0.25, -0.2) is 0 Å². The van der Waals surface area contributed by atoms with E-state index >= 15 is 0 Å². The normalized spacial score (nSPS) is 26.1. The summed E-state index contributed by atoms with van der Waals surface area (Å²) in [6.07, 6.45) is 7.85. The van der Waals surface area contributed by atoms with E-state index in [4.69, 9.17) is 4.74 Å². The fourth-order valence-corrected chi connectivity index (χ4v) is 3.99. The van der Waals surface area contributed by atoms with Crippen molar-refractivity contribution in [1.82, 2.24) is 20.2 Å². The minimum absolute atomic E-state index is 0.0298. The maximum atomic E-state index is 12.4. The molecular weight excluding hydrogens is 328 g/mol. The van der Waals surface area contributed by atoms with Crippen molar-refractivity contribution in [2.24, 2.45) is 0 Å². The molecule has 6 nitrogen and oxygen atoms in total. The Morgan fingerprint density at radius 3 is 2.96 bits per heavy atom. The third kappa shape index (κ3) is 3.92. The molecule has 0 saturated carbocycles. The average molecular weight is 352 g/mol. The van der Waals surface area contributed by atoms with Crippen molar-refractivity contribution in [2.75, 3.05) is 19.7 Å². The number of carbonyl (C=O) groups excluding carboxylic acids is 1. The number of carbonyl (C=O) groups is 1. The average Bonchev–Trinajstić information content (AvgIpc) is 3.05. The van der Waals surface area contributed by atoms with E-state index in [2.05, 4.69) is 26.3 Å². The van der Waals surface area contributed by atoms with Crippen molar-refractivity contribution in [3.8, 4) is 0 Å². The number of likely N-dealkylation sites (tertiary alicyclic amines) is 1. The van der Waals surface area contributed by atoms with Crippen LogP contribution in [0, 0.1) is 0 Å². The summed E-state index contributed by atoms with van der Waals surface area (Å²) in [6.45, 7) is 3.44. The first-order valence-electron chi connectivity index (χ1n) is 9.20. The van der Waals surface area contributed by atoms with Gasteiger partial charge in [-0.1, -0.05) is 6.07 Å². The molecule has 0 bridgehead atoms. The van der Waals surface area contributed by atoms with Crippen molar-refractivity contribution >= 4 is 5.91 Å². The van der Waals surface area contributed by atoms with Crippen LogP contribution < -0.4 is 5.32 Å². The zero-order valence-electron chi connectivity index (χ0n) is 14.8. The van der Waals surface area contributed by atoms with Gasteiger partial charge in [0.25, 0.3) is 5.91 Å². The number of ether oxygens (including phenoxy) is 1. The third-order valence-electron chi connectivity index (χ3n) is 5.28. The van der Waals surface area contributed by atoms with Gasteiger partial charge >= 0.3 is 0 Å². The topological polar surface area (TPSA) is 67.3 Å². The molecular formula is C20H24N4O2. The molecule has 2 aromatic rings. The van der Waals surface area contributed by atoms with Crippen LogP contribution in [-0.2, 0) is 11.3 Å². The molecule has 4 heterocycles. The maximum absolute atomic E-state index is 12.4. The summed E-state index contributed by atoms with van der Waals surface area (Å²) >= 11 is 0. The molecule has 136 valence electrons. The van der Waals surface area contributed by atoms with Crippen LogP contribution in [0.2, 0.25) is 0 Å². The van der Waals surface area contributed by atoms with Gasteiger partial charge in [0, 0.05) is 56.4 Å². The zero-order valence-corrected chi connectivity index (χ0v) is 14.8. The van der Waals surface area contributed by atoms with E-state index in [-0.39, 0.29) is 17.6 Å². The summed E-state index contributed by atoms with van der Waals surface area (Å²) < 4.78 is 6.19. The Kier molecular flexibility index (Phi) is 4.95. The molecule has 1 N–H and O–H groups in total. The smallest absolute Gasteiger partial charge is 0.251 e. The molecule has 1 spiro atoms. The number of nitrogens with one attached hydrogen (secondary N) is 1. The van der Waals surface area contributed by atoms with Gasteiger partial charge < -0.3 is 10.1 Å². The maximum Gasteiger partial charge on any atom is 0.251 e. The molecule has 2 fully saturated rings. The van der Waals surface area contributed by atoms with Crippen molar-refractivity contribution in [1.29, 1.82) is 0 Å². The second kappa shape index (κ2) is 7.51. The van der Waals surface area contributed by atoms with Crippen LogP contribution >= 0.6 is 0 Å². The molecule has 0 aromatic carbocycles. The van der Waals surface area contributed by atoms with Crippen molar-refractivity contribution in [2.45, 2.75) is 37.5 Å². The second-order valence-electron chi connectivity index (χ2n) is 7.21. The molecule has 0 unspecified atom stereocenters. The molecule has 2 aliphatic rings. The van der Waals surface area contributed by atoms with Crippen molar-refractivity contribution in [3.05, 3.63) is 60.2 Å². The van der Waals surface area contributed by atoms with Gasteiger partial charge in [-0.15, -0.1) is 0 Å². The van der Waals surface area contributed by atoms with Gasteiger partial charge in [0.2, 0.25) is 0 Å². The first kappa shape index (κ1) is 17.1. The largest absolute Gasteiger partial charge is 0.373 e. The van der Waals surface area contributed by atoms with E-state index in [1.54, 1.807) is 24.5 Å². The van der Waals surface area contributed by atoms with Gasteiger partial charge in [0.15, 0.2) is 0 Å². The Morgan fingerprint density at radius 2 is 2.15 bits per heavy atom. The molecule has 0 radical (unpaired) electrons. The Labute approximate surface area is 153 Å². The Bertz CT molecular complexity index is 740. The summed E-state index contributed by atoms with van der Waals surface area (Å²) in [5.74, 6) is -0.0298. The predicted molar refractivity (Wildman–Crippen MR) is 97.5 cm³/mol. The summed E-state index contributed by atoms with van der Waals surface area (Å²) in [4.78, 5) is 23.2. The molecule has 2 saturated heterocycles. The Hall–Kier alpha value is -2.31. The monoisotopic (exact) mass is 352 g/mol. The molecule has 2 aromatic heterocycles. The van der Waals surface area contributed by atoms with Crippen molar-refractivity contribution in [3.63, 3.8) is 0 Å². The molecule has 0 aliphatic carbocycles. The van der Waals surface area contributed by atoms with E-state index in [1.807, 2.05) is 18.3 Å². The highest BCUT2D eigenvalue weighted by atomic mass is 16.5. The fourth-order valence-electron chi connectivity index (χ4n) is 3.99. The van der Waals surface area contributed by atoms with Gasteiger partial charge in [-0.05, 0) is 43.5 Å². The fraction of sp³-hybridized carbons (Fsp3) is 0.450. The van der Waals surface area contributed by atoms with Gasteiger partial charge in [0.1, 0.15) is 0 Å². The number of amides is 1. The van der Waals surface area contributed by atoms with E-state index in [0.29, 0.717) is 12.2 Å². The van der Waals surface area contributed by atoms with Crippen LogP contribution in [0.1, 0.15) is 35.3 Å². The van der Waals surface area contributed by atoms with Crippen molar-refractivity contribution < 1.29 is 9.53 Å². The van der Waals surface area contributed by atoms with Crippen LogP contribution in [0.25, 0.3) is 0 Å². The zero-order chi connectivity index (χ0) is 17.8. The van der Waals surface area contributed by atoms with Gasteiger partial charge in [-0.3, -0.25) is 19.7 Å². The summed E-state index contributed by atoms with van der Waals surface area (Å²) in [5, 5.41) is 3.17. The number of hydrogen-bond donors (Lipinski definition) is 1. The number of aromatic nitrogens is 2. The highest BCUT2D eigenvalue weighted by Crippen LogP contribution is 2.34. The number of hydrogen-bond acceptors (Lipinski definition) is 5. The highest BCUT2D eigenvalue weighted by Gasteiger charge is 2.43. The Balaban J connectivity index is 1.35. The first-order chi connectivity index (χ1) is 12.7. The van der Waals surface area contributed by atoms with Gasteiger partial charge in [0.05, 0.1) is 11.3 Å². The summed E-state index contributed by atoms with van der Waals surface area (Å²) in [7, 11) is 0. The highest BCUT2D eigenvalue weighted by molar-refractivity contribution is 5.94. The summed E-state index contributed by atoms with van der Waals surface area (Å²) in [5.41, 5.74) is 1.59. The first-order valence-corrected chi connectivity index (χ1v) is 9.20. The lowest BCUT2D eigenvalue weighted by atomic mass is 9.89. The summed E-state index contributed by atoms with van der Waals surface area (Å²) in [6, 6.07) is 9.66. The Morgan fingerprint density at radius 1 is 1.27 bits per heavy atom. The van der Waals surface area contributed by atoms with Crippen LogP contribution in [0.5, 0.6) is 0 Å². The second-order valence-corrected chi connectivity index (χ2v) is 7.21. The number of rotatable bonds is 4. The van der Waals surface area contributed by atoms with E-state index in [9.17, 15) is 4.79 Å². The SMILES string of the molecule is O=C(N[C@H]1CCO[C@@]2(CCN(Cc3ccccn3)C2)C1)c1ccncc1. The standard InChI is InChI=1S/C20H24N4O2/c25-19(16-4-9-21-10-5-16)23-17-6-12-26-20(13-17)7-11-24(15-20)14-18-3-1-2-8-22-18/h1-5,8-10,17H,6-7,11-15H2,(H,23,25)/t17-,20-/m0/s1. The molecule has 26 heavy (non-hydrogen) atoms. The van der Waals surface area contributed by atoms with Crippen LogP contribution in [0.4, 0.5) is 0 Å². The third-order valence-corrected chi connectivity index (χ3v) is 5.28. The van der Waals surface area contributed by atoms with E-state index in [0.717, 1.165) is 44.6 Å². The minimum Gasteiger partial charge on any atom is -0.373 e. The lowest BCUT2D eigenvalue weighted by Gasteiger charge is -2.38. The van der Waals surface area contributed by atoms with Gasteiger partial charge in [-0.2, -0.15) is 0 Å². The molecule has 1 amide bonds. The number of pyridine rings is 2. The predicted octanol–water partition coefficient (Wildman–Crippen LogP) is 2.03. The van der Waals surface area contributed by atoms with Crippen LogP contribution in [0.3, 0.4) is 0 Å². The lowest BCUT2D eigenvalue weighted by molar-refractivity contribution is -0.0793. The lowest BCUT2D eigenvalue weighted by Crippen LogP contribution is -2.49. The van der Waals surface area contributed by atoms with Crippen LogP contribution in [-0.4, -0.2) is 52.1 Å². The quantitative estimate of drug-likeness (QED) is 0.912. The van der Waals surface area contributed by atoms with Crippen LogP contribution in [0.15, 0.2) is 48.9 Å².